The fourth-order valence-electron chi connectivity index (χ4n) is 1.60. The first kappa shape index (κ1) is 15.5. The van der Waals surface area contributed by atoms with Crippen LogP contribution in [0.1, 0.15) is 5.56 Å². The molecule has 0 heterocycles. The number of rotatable bonds is 3. The molecule has 2 aromatic rings. The van der Waals surface area contributed by atoms with Gasteiger partial charge in [-0.3, -0.25) is 4.72 Å². The van der Waals surface area contributed by atoms with Crippen LogP contribution in [0.15, 0.2) is 50.2 Å². The molecular weight excluding hydrogens is 413 g/mol. The van der Waals surface area contributed by atoms with Crippen LogP contribution in [0.3, 0.4) is 0 Å². The van der Waals surface area contributed by atoms with Crippen molar-refractivity contribution >= 4 is 47.6 Å². The van der Waals surface area contributed by atoms with Crippen LogP contribution in [0.25, 0.3) is 0 Å². The van der Waals surface area contributed by atoms with Crippen molar-refractivity contribution in [2.24, 2.45) is 0 Å². The first-order valence-corrected chi connectivity index (χ1v) is 8.60. The molecule has 1 N–H and O–H groups in total. The number of halogens is 3. The molecule has 106 valence electrons. The summed E-state index contributed by atoms with van der Waals surface area (Å²) in [4.78, 5) is 0.105. The maximum atomic E-state index is 13.2. The summed E-state index contributed by atoms with van der Waals surface area (Å²) in [5.41, 5.74) is 0.689. The zero-order valence-corrected chi connectivity index (χ0v) is 14.3. The lowest BCUT2D eigenvalue weighted by Crippen LogP contribution is -2.13. The van der Waals surface area contributed by atoms with Gasteiger partial charge in [0.25, 0.3) is 10.0 Å². The van der Waals surface area contributed by atoms with Gasteiger partial charge in [-0.15, -0.1) is 0 Å². The van der Waals surface area contributed by atoms with E-state index in [0.717, 1.165) is 0 Å². The van der Waals surface area contributed by atoms with Crippen LogP contribution in [0.2, 0.25) is 0 Å². The molecular formula is C13H10Br2FNO2S. The Morgan fingerprint density at radius 2 is 1.80 bits per heavy atom. The molecule has 3 nitrogen and oxygen atoms in total. The first-order valence-electron chi connectivity index (χ1n) is 5.53. The Labute approximate surface area is 133 Å². The highest BCUT2D eigenvalue weighted by atomic mass is 79.9. The van der Waals surface area contributed by atoms with E-state index in [1.54, 1.807) is 19.1 Å². The lowest BCUT2D eigenvalue weighted by molar-refractivity contribution is 0.600. The maximum Gasteiger partial charge on any atom is 0.263 e. The number of nitrogens with one attached hydrogen (secondary N) is 1. The number of sulfonamides is 1. The van der Waals surface area contributed by atoms with Gasteiger partial charge in [0, 0.05) is 14.6 Å². The maximum absolute atomic E-state index is 13.2. The number of anilines is 1. The highest BCUT2D eigenvalue weighted by molar-refractivity contribution is 9.11. The van der Waals surface area contributed by atoms with Crippen LogP contribution in [0, 0.1) is 12.7 Å². The molecule has 0 atom stereocenters. The molecule has 20 heavy (non-hydrogen) atoms. The molecule has 0 radical (unpaired) electrons. The van der Waals surface area contributed by atoms with Gasteiger partial charge in [-0.2, -0.15) is 0 Å². The summed E-state index contributed by atoms with van der Waals surface area (Å²) in [5.74, 6) is -0.378. The van der Waals surface area contributed by atoms with E-state index in [9.17, 15) is 12.8 Å². The van der Waals surface area contributed by atoms with Gasteiger partial charge >= 0.3 is 0 Å². The Bertz CT molecular complexity index is 763. The number of hydrogen-bond donors (Lipinski definition) is 1. The molecule has 0 amide bonds. The van der Waals surface area contributed by atoms with Gasteiger partial charge in [0.15, 0.2) is 0 Å². The van der Waals surface area contributed by atoms with Crippen molar-refractivity contribution in [3.05, 3.63) is 56.7 Å². The zero-order valence-electron chi connectivity index (χ0n) is 10.3. The second kappa shape index (κ2) is 5.83. The normalized spacial score (nSPS) is 11.4. The Hall–Kier alpha value is -0.920. The molecule has 0 saturated carbocycles. The molecule has 0 aliphatic heterocycles. The third-order valence-corrected chi connectivity index (χ3v) is 5.46. The molecule has 2 aromatic carbocycles. The highest BCUT2D eigenvalue weighted by Gasteiger charge is 2.18. The molecule has 0 saturated heterocycles. The van der Waals surface area contributed by atoms with Crippen LogP contribution in [-0.4, -0.2) is 8.42 Å². The topological polar surface area (TPSA) is 46.2 Å². The Morgan fingerprint density at radius 3 is 2.45 bits per heavy atom. The van der Waals surface area contributed by atoms with E-state index in [-0.39, 0.29) is 10.7 Å². The quantitative estimate of drug-likeness (QED) is 0.793. The van der Waals surface area contributed by atoms with Crippen LogP contribution >= 0.6 is 31.9 Å². The number of benzene rings is 2. The van der Waals surface area contributed by atoms with Gasteiger partial charge in [-0.25, -0.2) is 12.8 Å². The average molecular weight is 423 g/mol. The minimum atomic E-state index is -3.75. The summed E-state index contributed by atoms with van der Waals surface area (Å²) >= 11 is 6.44. The Morgan fingerprint density at radius 1 is 1.10 bits per heavy atom. The molecule has 0 aliphatic carbocycles. The molecule has 0 aliphatic rings. The van der Waals surface area contributed by atoms with E-state index in [1.807, 2.05) is 0 Å². The zero-order chi connectivity index (χ0) is 14.9. The Balaban J connectivity index is 2.40. The van der Waals surface area contributed by atoms with E-state index in [2.05, 4.69) is 36.6 Å². The summed E-state index contributed by atoms with van der Waals surface area (Å²) < 4.78 is 41.3. The van der Waals surface area contributed by atoms with Crippen molar-refractivity contribution in [2.45, 2.75) is 11.8 Å². The largest absolute Gasteiger partial charge is 0.280 e. The van der Waals surface area contributed by atoms with Gasteiger partial charge in [-0.1, -0.05) is 15.9 Å². The predicted molar refractivity (Wildman–Crippen MR) is 83.8 cm³/mol. The summed E-state index contributed by atoms with van der Waals surface area (Å²) in [6.07, 6.45) is 0. The third kappa shape index (κ3) is 3.39. The summed E-state index contributed by atoms with van der Waals surface area (Å²) in [6, 6.07) is 8.90. The van der Waals surface area contributed by atoms with Crippen LogP contribution in [0.5, 0.6) is 0 Å². The van der Waals surface area contributed by atoms with Gasteiger partial charge in [0.1, 0.15) is 10.7 Å². The van der Waals surface area contributed by atoms with Crippen molar-refractivity contribution in [1.82, 2.24) is 0 Å². The number of aryl methyl sites for hydroxylation is 1. The van der Waals surface area contributed by atoms with Crippen molar-refractivity contribution < 1.29 is 12.8 Å². The van der Waals surface area contributed by atoms with Gasteiger partial charge < -0.3 is 0 Å². The number of hydrogen-bond acceptors (Lipinski definition) is 2. The van der Waals surface area contributed by atoms with Gasteiger partial charge in [0.05, 0.1) is 0 Å². The van der Waals surface area contributed by atoms with E-state index < -0.39 is 10.0 Å². The van der Waals surface area contributed by atoms with Crippen LogP contribution in [-0.2, 0) is 10.0 Å². The summed E-state index contributed by atoms with van der Waals surface area (Å²) in [7, 11) is -3.75. The molecule has 7 heteroatoms. The van der Waals surface area contributed by atoms with E-state index in [4.69, 9.17) is 0 Å². The van der Waals surface area contributed by atoms with Crippen molar-refractivity contribution in [2.75, 3.05) is 4.72 Å². The van der Waals surface area contributed by atoms with Crippen molar-refractivity contribution in [1.29, 1.82) is 0 Å². The van der Waals surface area contributed by atoms with Crippen molar-refractivity contribution in [3.63, 3.8) is 0 Å². The predicted octanol–water partition coefficient (Wildman–Crippen LogP) is 4.46. The molecule has 0 aromatic heterocycles. The molecule has 2 rings (SSSR count). The van der Waals surface area contributed by atoms with Gasteiger partial charge in [-0.05, 0) is 64.8 Å². The van der Waals surface area contributed by atoms with Crippen LogP contribution in [0.4, 0.5) is 10.1 Å². The lowest BCUT2D eigenvalue weighted by atomic mass is 10.2. The molecule has 0 unspecified atom stereocenters. The van der Waals surface area contributed by atoms with Crippen molar-refractivity contribution in [3.8, 4) is 0 Å². The first-order chi connectivity index (χ1) is 9.29. The van der Waals surface area contributed by atoms with E-state index in [0.29, 0.717) is 20.2 Å². The minimum Gasteiger partial charge on any atom is -0.280 e. The Kier molecular flexibility index (Phi) is 4.51. The smallest absolute Gasteiger partial charge is 0.263 e. The van der Waals surface area contributed by atoms with E-state index >= 15 is 0 Å². The lowest BCUT2D eigenvalue weighted by Gasteiger charge is -2.10. The molecule has 0 fully saturated rings. The van der Waals surface area contributed by atoms with Gasteiger partial charge in [0.2, 0.25) is 0 Å². The third-order valence-electron chi connectivity index (χ3n) is 2.59. The molecule has 0 spiro atoms. The summed E-state index contributed by atoms with van der Waals surface area (Å²) in [5, 5.41) is 0. The fraction of sp³-hybridized carbons (Fsp3) is 0.0769. The highest BCUT2D eigenvalue weighted by Crippen LogP contribution is 2.27. The second-order valence-electron chi connectivity index (χ2n) is 4.14. The van der Waals surface area contributed by atoms with Crippen LogP contribution < -0.4 is 4.72 Å². The monoisotopic (exact) mass is 421 g/mol. The minimum absolute atomic E-state index is 0.105. The fourth-order valence-corrected chi connectivity index (χ4v) is 4.15. The standard InChI is InChI=1S/C13H10Br2FNO2S/c1-8-6-10(3-5-12(8)16)17-20(18,19)13-7-9(14)2-4-11(13)15/h2-7,17H,1H3. The average Bonchev–Trinajstić information content (AvgIpc) is 2.36. The SMILES string of the molecule is Cc1cc(NS(=O)(=O)c2cc(Br)ccc2Br)ccc1F. The van der Waals surface area contributed by atoms with E-state index in [1.165, 1.54) is 24.3 Å². The second-order valence-corrected chi connectivity index (χ2v) is 7.57. The summed E-state index contributed by atoms with van der Waals surface area (Å²) in [6.45, 7) is 1.57. The molecule has 0 bridgehead atoms.